The number of alkyl halides is 3. The van der Waals surface area contributed by atoms with Gasteiger partial charge in [-0.05, 0) is 54.4 Å². The van der Waals surface area contributed by atoms with E-state index in [4.69, 9.17) is 0 Å². The number of fused-ring (bicyclic) bond motifs is 1. The highest BCUT2D eigenvalue weighted by atomic mass is 19.4. The minimum absolute atomic E-state index is 0.0573. The third-order valence-corrected chi connectivity index (χ3v) is 10.8. The summed E-state index contributed by atoms with van der Waals surface area (Å²) in [7, 11) is 3.06. The SMILES string of the molecule is CN(C)C(=O)C(NC(=O)CNC(=O)C(=O)C(CC1CC1)NC(=O)[C@@H]1[C@@H]2[C@H](CN1C(=O)[C@@H](NC(=O)OC(C)(C)C(F)(F)F)C(C)(C)C)C2(C)C)c1ccccc1. The number of ketones is 1. The normalized spacial score (nSPS) is 21.9. The molecule has 1 aliphatic heterocycles. The lowest BCUT2D eigenvalue weighted by atomic mass is 9.85. The Morgan fingerprint density at radius 1 is 0.927 bits per heavy atom. The van der Waals surface area contributed by atoms with E-state index in [0.29, 0.717) is 19.4 Å². The second-order valence-electron chi connectivity index (χ2n) is 17.2. The van der Waals surface area contributed by atoms with Crippen molar-refractivity contribution in [2.45, 2.75) is 104 Å². The lowest BCUT2D eigenvalue weighted by Gasteiger charge is -2.38. The van der Waals surface area contributed by atoms with Crippen LogP contribution in [0.4, 0.5) is 18.0 Å². The Hall–Kier alpha value is -4.70. The van der Waals surface area contributed by atoms with Gasteiger partial charge in [0.1, 0.15) is 18.1 Å². The molecule has 6 amide bonds. The summed E-state index contributed by atoms with van der Waals surface area (Å²) in [6.45, 7) is 9.51. The van der Waals surface area contributed by atoms with Crippen LogP contribution in [-0.4, -0.2) is 108 Å². The number of Topliss-reactive ketones (excluding diaryl/α,β-unsaturated/α-hetero) is 1. The topological polar surface area (TPSA) is 183 Å². The number of halogens is 3. The van der Waals surface area contributed by atoms with E-state index < -0.39 is 89.3 Å². The second-order valence-corrected chi connectivity index (χ2v) is 17.2. The van der Waals surface area contributed by atoms with Gasteiger partial charge >= 0.3 is 12.3 Å². The summed E-state index contributed by atoms with van der Waals surface area (Å²) in [5.74, 6) is -5.09. The number of hydrogen-bond donors (Lipinski definition) is 4. The van der Waals surface area contributed by atoms with Crippen LogP contribution < -0.4 is 21.3 Å². The van der Waals surface area contributed by atoms with Crippen molar-refractivity contribution in [1.29, 1.82) is 0 Å². The molecule has 4 rings (SSSR count). The maximum atomic E-state index is 14.2. The minimum atomic E-state index is -4.88. The van der Waals surface area contributed by atoms with Gasteiger partial charge in [-0.25, -0.2) is 4.79 Å². The van der Waals surface area contributed by atoms with Crippen LogP contribution in [0.3, 0.4) is 0 Å². The summed E-state index contributed by atoms with van der Waals surface area (Å²) in [5.41, 5.74) is -3.73. The Morgan fingerprint density at radius 3 is 2.05 bits per heavy atom. The third-order valence-electron chi connectivity index (χ3n) is 10.8. The average Bonchev–Trinajstić information content (AvgIpc) is 3.93. The van der Waals surface area contributed by atoms with Crippen molar-refractivity contribution in [2.24, 2.45) is 28.6 Å². The van der Waals surface area contributed by atoms with Crippen molar-refractivity contribution < 1.29 is 51.5 Å². The van der Waals surface area contributed by atoms with Gasteiger partial charge in [0.25, 0.3) is 5.91 Å². The molecule has 2 unspecified atom stereocenters. The fraction of sp³-hybridized carbons (Fsp3) is 0.658. The lowest BCUT2D eigenvalue weighted by Crippen LogP contribution is -2.61. The number of hydrogen-bond acceptors (Lipinski definition) is 8. The predicted molar refractivity (Wildman–Crippen MR) is 193 cm³/mol. The molecule has 0 bridgehead atoms. The molecule has 2 aliphatic carbocycles. The first-order valence-corrected chi connectivity index (χ1v) is 18.3. The van der Waals surface area contributed by atoms with E-state index in [1.165, 1.54) is 23.9 Å². The predicted octanol–water partition coefficient (Wildman–Crippen LogP) is 2.87. The van der Waals surface area contributed by atoms with Crippen molar-refractivity contribution in [1.82, 2.24) is 31.1 Å². The van der Waals surface area contributed by atoms with Crippen LogP contribution in [0.15, 0.2) is 30.3 Å². The van der Waals surface area contributed by atoms with E-state index >= 15 is 0 Å². The number of carbonyl (C=O) groups excluding carboxylic acids is 7. The van der Waals surface area contributed by atoms with Gasteiger partial charge in [-0.3, -0.25) is 28.8 Å². The number of amides is 6. The zero-order valence-corrected chi connectivity index (χ0v) is 32.8. The number of alkyl carbamates (subject to hydrolysis) is 1. The number of nitrogens with one attached hydrogen (secondary N) is 4. The molecule has 1 aromatic rings. The molecule has 1 heterocycles. The van der Waals surface area contributed by atoms with Crippen molar-refractivity contribution >= 4 is 41.4 Å². The van der Waals surface area contributed by atoms with E-state index in [1.807, 2.05) is 13.8 Å². The number of ether oxygens (including phenoxy) is 1. The van der Waals surface area contributed by atoms with Crippen molar-refractivity contribution in [3.63, 3.8) is 0 Å². The monoisotopic (exact) mass is 778 g/mol. The van der Waals surface area contributed by atoms with E-state index in [1.54, 1.807) is 51.1 Å². The molecule has 3 fully saturated rings. The average molecular weight is 779 g/mol. The van der Waals surface area contributed by atoms with E-state index in [0.717, 1.165) is 12.8 Å². The molecular formula is C38H53F3N6O8. The molecule has 4 N–H and O–H groups in total. The lowest BCUT2D eigenvalue weighted by molar-refractivity contribution is -0.244. The fourth-order valence-corrected chi connectivity index (χ4v) is 7.05. The van der Waals surface area contributed by atoms with Crippen LogP contribution in [0.25, 0.3) is 0 Å². The van der Waals surface area contributed by atoms with Gasteiger partial charge < -0.3 is 35.8 Å². The summed E-state index contributed by atoms with van der Waals surface area (Å²) in [4.78, 5) is 96.0. The van der Waals surface area contributed by atoms with Gasteiger partial charge in [-0.2, -0.15) is 13.2 Å². The van der Waals surface area contributed by atoms with Gasteiger partial charge in [-0.15, -0.1) is 0 Å². The van der Waals surface area contributed by atoms with Gasteiger partial charge in [0, 0.05) is 20.6 Å². The molecule has 0 radical (unpaired) electrons. The van der Waals surface area contributed by atoms with E-state index in [2.05, 4.69) is 26.0 Å². The largest absolute Gasteiger partial charge is 0.434 e. The minimum Gasteiger partial charge on any atom is -0.434 e. The molecule has 14 nitrogen and oxygen atoms in total. The second kappa shape index (κ2) is 15.8. The number of carbonyl (C=O) groups is 7. The maximum absolute atomic E-state index is 14.2. The first-order chi connectivity index (χ1) is 25.3. The zero-order chi connectivity index (χ0) is 41.4. The fourth-order valence-electron chi connectivity index (χ4n) is 7.05. The van der Waals surface area contributed by atoms with Gasteiger partial charge in [0.2, 0.25) is 35.0 Å². The van der Waals surface area contributed by atoms with Crippen LogP contribution in [0.2, 0.25) is 0 Å². The van der Waals surface area contributed by atoms with Gasteiger partial charge in [0.15, 0.2) is 0 Å². The molecule has 0 aromatic heterocycles. The highest BCUT2D eigenvalue weighted by Crippen LogP contribution is 2.65. The van der Waals surface area contributed by atoms with Crippen LogP contribution in [-0.2, 0) is 33.5 Å². The van der Waals surface area contributed by atoms with Crippen LogP contribution in [0, 0.1) is 28.6 Å². The van der Waals surface area contributed by atoms with Crippen LogP contribution >= 0.6 is 0 Å². The summed E-state index contributed by atoms with van der Waals surface area (Å²) in [6.07, 6.45) is -4.65. The molecule has 0 spiro atoms. The zero-order valence-electron chi connectivity index (χ0n) is 32.8. The summed E-state index contributed by atoms with van der Waals surface area (Å²) < 4.78 is 45.0. The van der Waals surface area contributed by atoms with Gasteiger partial charge in [-0.1, -0.05) is 77.8 Å². The first kappa shape index (κ1) is 43.0. The number of piperidine rings is 1. The van der Waals surface area contributed by atoms with Crippen molar-refractivity contribution in [3.8, 4) is 0 Å². The Kier molecular flexibility index (Phi) is 12.4. The number of rotatable bonds is 14. The van der Waals surface area contributed by atoms with Crippen molar-refractivity contribution in [3.05, 3.63) is 35.9 Å². The molecule has 17 heteroatoms. The molecule has 1 aromatic carbocycles. The van der Waals surface area contributed by atoms with E-state index in [-0.39, 0.29) is 36.1 Å². The summed E-state index contributed by atoms with van der Waals surface area (Å²) >= 11 is 0. The Morgan fingerprint density at radius 2 is 1.53 bits per heavy atom. The van der Waals surface area contributed by atoms with Crippen LogP contribution in [0.5, 0.6) is 0 Å². The molecule has 304 valence electrons. The molecule has 6 atom stereocenters. The van der Waals surface area contributed by atoms with Crippen LogP contribution in [0.1, 0.15) is 79.3 Å². The third kappa shape index (κ3) is 9.95. The maximum Gasteiger partial charge on any atom is 0.427 e. The number of likely N-dealkylation sites (N-methyl/N-ethyl adjacent to an activating group) is 1. The quantitative estimate of drug-likeness (QED) is 0.208. The number of benzene rings is 1. The Labute approximate surface area is 319 Å². The summed E-state index contributed by atoms with van der Waals surface area (Å²) in [5, 5.41) is 9.86. The highest BCUT2D eigenvalue weighted by Gasteiger charge is 2.70. The van der Waals surface area contributed by atoms with Gasteiger partial charge in [0.05, 0.1) is 12.6 Å². The standard InChI is InChI=1S/C38H53F3N6O8/c1-35(2,3)29(45-34(54)55-37(6,7)38(39,40)41)33(53)47-19-22-25(36(22,4)5)27(47)30(50)43-23(17-20-15-16-20)28(49)31(51)42-18-24(48)44-26(32(52)46(8)9)21-13-11-10-12-14-21/h10-14,20,22-23,25-27,29H,15-19H2,1-9H3,(H,42,51)(H,43,50)(H,44,48)(H,45,54)/t22-,23?,25-,26?,27-,29+/m0/s1. The highest BCUT2D eigenvalue weighted by molar-refractivity contribution is 6.38. The number of nitrogens with zero attached hydrogens (tertiary/aromatic N) is 2. The Bertz CT molecular complexity index is 1670. The molecule has 2 saturated carbocycles. The summed E-state index contributed by atoms with van der Waals surface area (Å²) in [6, 6.07) is 3.65. The Balaban J connectivity index is 1.47. The molecular weight excluding hydrogens is 725 g/mol. The molecule has 1 saturated heterocycles. The van der Waals surface area contributed by atoms with E-state index in [9.17, 15) is 46.7 Å². The molecule has 3 aliphatic rings. The van der Waals surface area contributed by atoms with Crippen molar-refractivity contribution in [2.75, 3.05) is 27.2 Å². The first-order valence-electron chi connectivity index (χ1n) is 18.3. The smallest absolute Gasteiger partial charge is 0.427 e. The number of likely N-dealkylation sites (tertiary alicyclic amines) is 1. The molecule has 55 heavy (non-hydrogen) atoms.